The number of aliphatic imine (C=N–C) groups is 1. The van der Waals surface area contributed by atoms with Crippen LogP contribution in [0.15, 0.2) is 39.8 Å². The minimum absolute atomic E-state index is 0. The molecule has 0 bridgehead atoms. The Labute approximate surface area is 138 Å². The molecule has 0 saturated carbocycles. The highest BCUT2D eigenvalue weighted by molar-refractivity contribution is 14.0. The fourth-order valence-electron chi connectivity index (χ4n) is 1.34. The normalized spacial score (nSPS) is 10.8. The molecule has 0 aliphatic heterocycles. The average molecular weight is 442 g/mol. The molecule has 1 rings (SSSR count). The Morgan fingerprint density at radius 1 is 1.53 bits per heavy atom. The lowest BCUT2D eigenvalue weighted by Crippen LogP contribution is -2.33. The number of nitrogens with two attached hydrogens (primary N) is 1. The van der Waals surface area contributed by atoms with Crippen LogP contribution < -0.4 is 11.1 Å². The predicted molar refractivity (Wildman–Crippen MR) is 92.5 cm³/mol. The van der Waals surface area contributed by atoms with Crippen LogP contribution in [0.4, 0.5) is 4.39 Å². The molecule has 1 aromatic carbocycles. The lowest BCUT2D eigenvalue weighted by molar-refractivity contribution is 0.607. The summed E-state index contributed by atoms with van der Waals surface area (Å²) in [7, 11) is 0. The molecule has 0 radical (unpaired) electrons. The molecule has 0 atom stereocenters. The van der Waals surface area contributed by atoms with E-state index in [0.29, 0.717) is 31.0 Å². The van der Waals surface area contributed by atoms with Crippen molar-refractivity contribution in [3.63, 3.8) is 0 Å². The Hall–Kier alpha value is -0.630. The Morgan fingerprint density at radius 2 is 2.21 bits per heavy atom. The van der Waals surface area contributed by atoms with Gasteiger partial charge in [0, 0.05) is 11.0 Å². The van der Waals surface area contributed by atoms with E-state index in [0.717, 1.165) is 10.0 Å². The maximum absolute atomic E-state index is 13.4. The molecule has 1 aromatic rings. The summed E-state index contributed by atoms with van der Waals surface area (Å²) in [6.45, 7) is 6.66. The monoisotopic (exact) mass is 441 g/mol. The summed E-state index contributed by atoms with van der Waals surface area (Å²) in [5.74, 6) is 0.144. The number of hydrogen-bond acceptors (Lipinski definition) is 1. The Balaban J connectivity index is 0.00000324. The van der Waals surface area contributed by atoms with Crippen LogP contribution in [0.1, 0.15) is 12.5 Å². The van der Waals surface area contributed by atoms with Gasteiger partial charge in [-0.1, -0.05) is 28.1 Å². The van der Waals surface area contributed by atoms with Crippen molar-refractivity contribution < 1.29 is 4.39 Å². The van der Waals surface area contributed by atoms with Crippen LogP contribution in [0.25, 0.3) is 0 Å². The van der Waals surface area contributed by atoms with Gasteiger partial charge in [-0.05, 0) is 37.1 Å². The molecule has 0 amide bonds. The van der Waals surface area contributed by atoms with E-state index in [2.05, 4.69) is 32.8 Å². The SMILES string of the molecule is C=C(C)CN=C(N)NCCc1cc(Br)ccc1F.I. The maximum atomic E-state index is 13.4. The summed E-state index contributed by atoms with van der Waals surface area (Å²) >= 11 is 3.31. The van der Waals surface area contributed by atoms with Gasteiger partial charge >= 0.3 is 0 Å². The van der Waals surface area contributed by atoms with Crippen LogP contribution in [0.3, 0.4) is 0 Å². The molecular formula is C13H18BrFIN3. The summed E-state index contributed by atoms with van der Waals surface area (Å²) in [6, 6.07) is 4.88. The van der Waals surface area contributed by atoms with Crippen LogP contribution in [-0.4, -0.2) is 19.0 Å². The van der Waals surface area contributed by atoms with Crippen LogP contribution in [-0.2, 0) is 6.42 Å². The summed E-state index contributed by atoms with van der Waals surface area (Å²) < 4.78 is 14.3. The van der Waals surface area contributed by atoms with E-state index in [-0.39, 0.29) is 29.8 Å². The first-order valence-electron chi connectivity index (χ1n) is 5.61. The molecule has 0 aliphatic rings. The van der Waals surface area contributed by atoms with Crippen molar-refractivity contribution in [1.82, 2.24) is 5.32 Å². The predicted octanol–water partition coefficient (Wildman–Crippen LogP) is 3.23. The van der Waals surface area contributed by atoms with Crippen LogP contribution >= 0.6 is 39.9 Å². The number of hydrogen-bond donors (Lipinski definition) is 2. The highest BCUT2D eigenvalue weighted by Gasteiger charge is 2.02. The second kappa shape index (κ2) is 9.30. The van der Waals surface area contributed by atoms with E-state index in [1.165, 1.54) is 6.07 Å². The Kier molecular flexibility index (Phi) is 8.99. The van der Waals surface area contributed by atoms with Crippen molar-refractivity contribution in [2.45, 2.75) is 13.3 Å². The molecule has 3 nitrogen and oxygen atoms in total. The summed E-state index contributed by atoms with van der Waals surface area (Å²) in [6.07, 6.45) is 0.550. The highest BCUT2D eigenvalue weighted by atomic mass is 127. The topological polar surface area (TPSA) is 50.4 Å². The van der Waals surface area contributed by atoms with Crippen LogP contribution in [0.2, 0.25) is 0 Å². The van der Waals surface area contributed by atoms with Crippen molar-refractivity contribution >= 4 is 45.9 Å². The lowest BCUT2D eigenvalue weighted by Gasteiger charge is -2.07. The molecule has 106 valence electrons. The second-order valence-electron chi connectivity index (χ2n) is 4.07. The fourth-order valence-corrected chi connectivity index (χ4v) is 1.74. The first-order chi connectivity index (χ1) is 8.49. The van der Waals surface area contributed by atoms with Gasteiger partial charge < -0.3 is 11.1 Å². The third kappa shape index (κ3) is 7.51. The number of halogens is 3. The minimum atomic E-state index is -0.211. The number of benzene rings is 1. The fraction of sp³-hybridized carbons (Fsp3) is 0.308. The number of rotatable bonds is 5. The molecule has 6 heteroatoms. The lowest BCUT2D eigenvalue weighted by atomic mass is 10.1. The maximum Gasteiger partial charge on any atom is 0.188 e. The smallest absolute Gasteiger partial charge is 0.188 e. The Morgan fingerprint density at radius 3 is 2.84 bits per heavy atom. The molecule has 0 aromatic heterocycles. The van der Waals surface area contributed by atoms with Crippen molar-refractivity contribution in [2.24, 2.45) is 10.7 Å². The molecule has 0 aliphatic carbocycles. The zero-order valence-electron chi connectivity index (χ0n) is 10.7. The van der Waals surface area contributed by atoms with Gasteiger partial charge in [0.2, 0.25) is 0 Å². The van der Waals surface area contributed by atoms with Gasteiger partial charge in [-0.2, -0.15) is 0 Å². The third-order valence-electron chi connectivity index (χ3n) is 2.23. The van der Waals surface area contributed by atoms with Crippen molar-refractivity contribution in [1.29, 1.82) is 0 Å². The molecule has 0 heterocycles. The van der Waals surface area contributed by atoms with E-state index in [4.69, 9.17) is 5.73 Å². The molecule has 0 unspecified atom stereocenters. The first-order valence-corrected chi connectivity index (χ1v) is 6.40. The van der Waals surface area contributed by atoms with Gasteiger partial charge in [0.1, 0.15) is 5.82 Å². The zero-order valence-corrected chi connectivity index (χ0v) is 14.7. The van der Waals surface area contributed by atoms with Gasteiger partial charge in [-0.25, -0.2) is 9.38 Å². The standard InChI is InChI=1S/C13H17BrFN3.HI/c1-9(2)8-18-13(16)17-6-5-10-7-11(14)3-4-12(10)15;/h3-4,7H,1,5-6,8H2,2H3,(H3,16,17,18);1H. The first kappa shape index (κ1) is 18.4. The quantitative estimate of drug-likeness (QED) is 0.319. The highest BCUT2D eigenvalue weighted by Crippen LogP contribution is 2.15. The van der Waals surface area contributed by atoms with E-state index in [9.17, 15) is 4.39 Å². The van der Waals surface area contributed by atoms with Gasteiger partial charge in [-0.15, -0.1) is 24.0 Å². The van der Waals surface area contributed by atoms with Crippen LogP contribution in [0, 0.1) is 5.82 Å². The molecular weight excluding hydrogens is 424 g/mol. The molecule has 19 heavy (non-hydrogen) atoms. The third-order valence-corrected chi connectivity index (χ3v) is 2.72. The van der Waals surface area contributed by atoms with Crippen molar-refractivity contribution in [3.8, 4) is 0 Å². The number of guanidine groups is 1. The second-order valence-corrected chi connectivity index (χ2v) is 4.99. The summed E-state index contributed by atoms with van der Waals surface area (Å²) in [5.41, 5.74) is 7.23. The zero-order chi connectivity index (χ0) is 13.5. The van der Waals surface area contributed by atoms with Crippen molar-refractivity contribution in [3.05, 3.63) is 46.2 Å². The molecule has 0 spiro atoms. The van der Waals surface area contributed by atoms with Gasteiger partial charge in [0.25, 0.3) is 0 Å². The molecule has 0 fully saturated rings. The number of nitrogens with zero attached hydrogens (tertiary/aromatic N) is 1. The van der Waals surface area contributed by atoms with E-state index in [1.54, 1.807) is 12.1 Å². The summed E-state index contributed by atoms with van der Waals surface area (Å²) in [5, 5.41) is 2.94. The van der Waals surface area contributed by atoms with E-state index in [1.807, 2.05) is 6.92 Å². The molecule has 0 saturated heterocycles. The average Bonchev–Trinajstić information content (AvgIpc) is 2.31. The molecule has 3 N–H and O–H groups in total. The Bertz CT molecular complexity index is 463. The number of nitrogens with one attached hydrogen (secondary N) is 1. The van der Waals surface area contributed by atoms with Crippen LogP contribution in [0.5, 0.6) is 0 Å². The van der Waals surface area contributed by atoms with E-state index < -0.39 is 0 Å². The van der Waals surface area contributed by atoms with E-state index >= 15 is 0 Å². The minimum Gasteiger partial charge on any atom is -0.370 e. The van der Waals surface area contributed by atoms with Gasteiger partial charge in [0.15, 0.2) is 5.96 Å². The summed E-state index contributed by atoms with van der Waals surface area (Å²) in [4.78, 5) is 4.08. The van der Waals surface area contributed by atoms with Gasteiger partial charge in [-0.3, -0.25) is 0 Å². The van der Waals surface area contributed by atoms with Gasteiger partial charge in [0.05, 0.1) is 6.54 Å². The van der Waals surface area contributed by atoms with Crippen molar-refractivity contribution in [2.75, 3.05) is 13.1 Å². The largest absolute Gasteiger partial charge is 0.370 e.